The maximum Gasteiger partial charge on any atom is 0.407 e. The fourth-order valence-corrected chi connectivity index (χ4v) is 1.38. The summed E-state index contributed by atoms with van der Waals surface area (Å²) in [5.74, 6) is 5.90. The van der Waals surface area contributed by atoms with Crippen molar-refractivity contribution in [3.63, 3.8) is 0 Å². The molecule has 1 rings (SSSR count). The number of hydrazine groups is 1. The Balaban J connectivity index is 2.63. The molecule has 0 saturated heterocycles. The van der Waals surface area contributed by atoms with Crippen molar-refractivity contribution in [2.24, 2.45) is 5.84 Å². The van der Waals surface area contributed by atoms with Gasteiger partial charge < -0.3 is 14.7 Å². The number of carboxylic acid groups (broad SMARTS) is 1. The number of hydrogen-bond acceptors (Lipinski definition) is 4. The second-order valence-corrected chi connectivity index (χ2v) is 3.92. The molecule has 0 aliphatic rings. The van der Waals surface area contributed by atoms with Gasteiger partial charge in [-0.05, 0) is 12.1 Å². The van der Waals surface area contributed by atoms with E-state index in [4.69, 9.17) is 15.7 Å². The Morgan fingerprint density at radius 3 is 2.68 bits per heavy atom. The Morgan fingerprint density at radius 1 is 1.42 bits per heavy atom. The monoisotopic (exact) mass is 267 g/mol. The smallest absolute Gasteiger partial charge is 0.407 e. The summed E-state index contributed by atoms with van der Waals surface area (Å²) in [5.41, 5.74) is 0.488. The molecule has 0 spiro atoms. The molecular weight excluding hydrogens is 250 g/mol. The Bertz CT molecular complexity index is 464. The molecule has 2 amide bonds. The first-order valence-electron chi connectivity index (χ1n) is 5.61. The van der Waals surface area contributed by atoms with Gasteiger partial charge >= 0.3 is 6.09 Å². The molecule has 7 nitrogen and oxygen atoms in total. The molecule has 0 bridgehead atoms. The van der Waals surface area contributed by atoms with Gasteiger partial charge in [-0.15, -0.1) is 0 Å². The van der Waals surface area contributed by atoms with E-state index in [2.05, 4.69) is 0 Å². The predicted octanol–water partition coefficient (Wildman–Crippen LogP) is 0.902. The maximum atomic E-state index is 11.8. The van der Waals surface area contributed by atoms with E-state index in [1.807, 2.05) is 0 Å². The summed E-state index contributed by atoms with van der Waals surface area (Å²) in [6.45, 7) is 0.0891. The van der Waals surface area contributed by atoms with Crippen LogP contribution in [0.5, 0.6) is 5.75 Å². The average molecular weight is 267 g/mol. The van der Waals surface area contributed by atoms with E-state index in [1.165, 1.54) is 14.2 Å². The van der Waals surface area contributed by atoms with E-state index < -0.39 is 6.09 Å². The van der Waals surface area contributed by atoms with E-state index in [0.717, 1.165) is 9.91 Å². The number of methoxy groups -OCH3 is 1. The number of benzene rings is 1. The van der Waals surface area contributed by atoms with Crippen LogP contribution in [0.4, 0.5) is 10.5 Å². The van der Waals surface area contributed by atoms with Gasteiger partial charge in [0.15, 0.2) is 0 Å². The molecule has 104 valence electrons. The lowest BCUT2D eigenvalue weighted by atomic mass is 10.2. The Labute approximate surface area is 111 Å². The minimum atomic E-state index is -1.09. The van der Waals surface area contributed by atoms with Crippen LogP contribution < -0.4 is 15.6 Å². The maximum absolute atomic E-state index is 11.8. The molecule has 0 aliphatic heterocycles. The van der Waals surface area contributed by atoms with Gasteiger partial charge in [0.05, 0.1) is 12.8 Å². The number of carbonyl (C=O) groups excluding carboxylic acids is 1. The third-order valence-corrected chi connectivity index (χ3v) is 2.59. The van der Waals surface area contributed by atoms with Gasteiger partial charge in [0.2, 0.25) is 5.91 Å². The van der Waals surface area contributed by atoms with Crippen molar-refractivity contribution in [3.05, 3.63) is 24.3 Å². The highest BCUT2D eigenvalue weighted by Gasteiger charge is 2.14. The Kier molecular flexibility index (Phi) is 5.13. The summed E-state index contributed by atoms with van der Waals surface area (Å²) < 4.78 is 5.03. The van der Waals surface area contributed by atoms with Gasteiger partial charge in [0.25, 0.3) is 0 Å². The molecule has 0 atom stereocenters. The second-order valence-electron chi connectivity index (χ2n) is 3.92. The SMILES string of the molecule is COc1cccc(N(N)C(=O)CCN(C)C(=O)O)c1. The van der Waals surface area contributed by atoms with Crippen LogP contribution in [-0.2, 0) is 4.79 Å². The van der Waals surface area contributed by atoms with E-state index in [0.29, 0.717) is 11.4 Å². The van der Waals surface area contributed by atoms with Crippen LogP contribution in [0.1, 0.15) is 6.42 Å². The van der Waals surface area contributed by atoms with Crippen molar-refractivity contribution in [2.75, 3.05) is 25.7 Å². The Morgan fingerprint density at radius 2 is 2.11 bits per heavy atom. The molecular formula is C12H17N3O4. The average Bonchev–Trinajstić information content (AvgIpc) is 2.43. The van der Waals surface area contributed by atoms with E-state index in [-0.39, 0.29) is 18.9 Å². The van der Waals surface area contributed by atoms with Crippen LogP contribution in [0.3, 0.4) is 0 Å². The van der Waals surface area contributed by atoms with Crippen LogP contribution in [0.15, 0.2) is 24.3 Å². The third-order valence-electron chi connectivity index (χ3n) is 2.59. The molecule has 1 aromatic rings. The molecule has 0 radical (unpaired) electrons. The van der Waals surface area contributed by atoms with E-state index >= 15 is 0 Å². The lowest BCUT2D eigenvalue weighted by Crippen LogP contribution is -2.39. The Hall–Kier alpha value is -2.28. The van der Waals surface area contributed by atoms with Crippen LogP contribution >= 0.6 is 0 Å². The first kappa shape index (κ1) is 14.8. The highest BCUT2D eigenvalue weighted by molar-refractivity contribution is 5.92. The number of nitrogens with two attached hydrogens (primary N) is 1. The van der Waals surface area contributed by atoms with Gasteiger partial charge in [-0.1, -0.05) is 6.07 Å². The minimum absolute atomic E-state index is 0.0104. The number of hydrogen-bond donors (Lipinski definition) is 2. The summed E-state index contributed by atoms with van der Waals surface area (Å²) >= 11 is 0. The van der Waals surface area contributed by atoms with Crippen molar-refractivity contribution in [3.8, 4) is 5.75 Å². The zero-order valence-corrected chi connectivity index (χ0v) is 10.9. The molecule has 1 aromatic carbocycles. The van der Waals surface area contributed by atoms with Crippen molar-refractivity contribution in [1.82, 2.24) is 4.90 Å². The topological polar surface area (TPSA) is 96.1 Å². The number of carbonyl (C=O) groups is 2. The lowest BCUT2D eigenvalue weighted by molar-refractivity contribution is -0.118. The largest absolute Gasteiger partial charge is 0.497 e. The second kappa shape index (κ2) is 6.60. The number of nitrogens with zero attached hydrogens (tertiary/aromatic N) is 2. The summed E-state index contributed by atoms with van der Waals surface area (Å²) in [7, 11) is 2.91. The molecule has 19 heavy (non-hydrogen) atoms. The quantitative estimate of drug-likeness (QED) is 0.469. The predicted molar refractivity (Wildman–Crippen MR) is 69.9 cm³/mol. The number of amides is 2. The van der Waals surface area contributed by atoms with Crippen molar-refractivity contribution in [2.45, 2.75) is 6.42 Å². The molecule has 0 aromatic heterocycles. The molecule has 0 aliphatic carbocycles. The van der Waals surface area contributed by atoms with Gasteiger partial charge in [-0.2, -0.15) is 0 Å². The molecule has 0 heterocycles. The molecule has 0 unspecified atom stereocenters. The van der Waals surface area contributed by atoms with Gasteiger partial charge in [0.1, 0.15) is 5.75 Å². The van der Waals surface area contributed by atoms with Crippen molar-refractivity contribution in [1.29, 1.82) is 0 Å². The molecule has 7 heteroatoms. The highest BCUT2D eigenvalue weighted by atomic mass is 16.5. The van der Waals surface area contributed by atoms with Crippen LogP contribution in [0.2, 0.25) is 0 Å². The van der Waals surface area contributed by atoms with Gasteiger partial charge in [0, 0.05) is 26.1 Å². The van der Waals surface area contributed by atoms with Crippen molar-refractivity contribution < 1.29 is 19.4 Å². The van der Waals surface area contributed by atoms with Crippen LogP contribution in [0.25, 0.3) is 0 Å². The fraction of sp³-hybridized carbons (Fsp3) is 0.333. The van der Waals surface area contributed by atoms with E-state index in [1.54, 1.807) is 24.3 Å². The zero-order chi connectivity index (χ0) is 14.4. The summed E-state index contributed by atoms with van der Waals surface area (Å²) in [4.78, 5) is 23.4. The molecule has 3 N–H and O–H groups in total. The zero-order valence-electron chi connectivity index (χ0n) is 10.9. The first-order chi connectivity index (χ1) is 8.95. The third kappa shape index (κ3) is 4.14. The standard InChI is InChI=1S/C12H17N3O4/c1-14(12(17)18)7-6-11(16)15(13)9-4-3-5-10(8-9)19-2/h3-5,8H,6-7,13H2,1-2H3,(H,17,18). The summed E-state index contributed by atoms with van der Waals surface area (Å²) in [5, 5.41) is 9.66. The van der Waals surface area contributed by atoms with Crippen LogP contribution in [-0.4, -0.2) is 42.7 Å². The fourth-order valence-electron chi connectivity index (χ4n) is 1.38. The number of rotatable bonds is 5. The molecule has 0 fully saturated rings. The normalized spacial score (nSPS) is 9.84. The number of anilines is 1. The van der Waals surface area contributed by atoms with E-state index in [9.17, 15) is 9.59 Å². The minimum Gasteiger partial charge on any atom is -0.497 e. The van der Waals surface area contributed by atoms with Crippen molar-refractivity contribution >= 4 is 17.7 Å². The lowest BCUT2D eigenvalue weighted by Gasteiger charge is -2.19. The van der Waals surface area contributed by atoms with Crippen LogP contribution in [0, 0.1) is 0 Å². The number of ether oxygens (including phenoxy) is 1. The molecule has 0 saturated carbocycles. The summed E-state index contributed by atoms with van der Waals surface area (Å²) in [6, 6.07) is 6.74. The first-order valence-corrected chi connectivity index (χ1v) is 5.61. The summed E-state index contributed by atoms with van der Waals surface area (Å²) in [6.07, 6.45) is -1.07. The van der Waals surface area contributed by atoms with Gasteiger partial charge in [-0.3, -0.25) is 4.79 Å². The highest BCUT2D eigenvalue weighted by Crippen LogP contribution is 2.19. The van der Waals surface area contributed by atoms with Gasteiger partial charge in [-0.25, -0.2) is 15.6 Å².